The summed E-state index contributed by atoms with van der Waals surface area (Å²) in [6.45, 7) is 2.13. The quantitative estimate of drug-likeness (QED) is 0.358. The smallest absolute Gasteiger partial charge is 0.351 e. The summed E-state index contributed by atoms with van der Waals surface area (Å²) in [4.78, 5) is 21.0. The number of fused-ring (bicyclic) bond motifs is 3. The minimum absolute atomic E-state index is 0.143. The fourth-order valence-electron chi connectivity index (χ4n) is 3.97. The molecule has 0 amide bonds. The average Bonchev–Trinajstić information content (AvgIpc) is 2.84. The summed E-state index contributed by atoms with van der Waals surface area (Å²) in [5.74, 6) is 1.22. The maximum atomic E-state index is 13.0. The Hall–Kier alpha value is -3.71. The lowest BCUT2D eigenvalue weighted by Crippen LogP contribution is -2.28. The molecule has 6 nitrogen and oxygen atoms in total. The number of halogens is 2. The predicted molar refractivity (Wildman–Crippen MR) is 127 cm³/mol. The van der Waals surface area contributed by atoms with E-state index in [4.69, 9.17) is 21.1 Å². The van der Waals surface area contributed by atoms with Gasteiger partial charge in [0.1, 0.15) is 24.8 Å². The van der Waals surface area contributed by atoms with Gasteiger partial charge in [-0.3, -0.25) is 9.55 Å². The summed E-state index contributed by atoms with van der Waals surface area (Å²) in [6, 6.07) is 16.3. The third kappa shape index (κ3) is 4.52. The Kier molecular flexibility index (Phi) is 6.02. The summed E-state index contributed by atoms with van der Waals surface area (Å²) < 4.78 is 26.2. The van der Waals surface area contributed by atoms with Crippen molar-refractivity contribution in [1.82, 2.24) is 14.5 Å². The second-order valence-corrected chi connectivity index (χ2v) is 8.49. The molecule has 8 heteroatoms. The fraction of sp³-hybridized carbons (Fsp3) is 0.192. The monoisotopic (exact) mass is 477 g/mol. The van der Waals surface area contributed by atoms with Crippen LogP contribution < -0.4 is 15.2 Å². The molecule has 1 aliphatic rings. The standard InChI is InChI=1S/C26H21ClFN3O3/c1-16-2-6-22-17(10-16)8-9-31-24(22)12-25(30-26(31)32)33-15-19-3-4-21(14-29-19)34-20-5-7-23(27)18(11-20)13-28/h2-7,10-12,14H,8-9,13,15H2,1H3. The van der Waals surface area contributed by atoms with Crippen LogP contribution in [-0.2, 0) is 26.2 Å². The van der Waals surface area contributed by atoms with Crippen molar-refractivity contribution in [3.8, 4) is 28.6 Å². The van der Waals surface area contributed by atoms with E-state index in [1.807, 2.05) is 12.1 Å². The minimum Gasteiger partial charge on any atom is -0.471 e. The third-order valence-corrected chi connectivity index (χ3v) is 6.06. The van der Waals surface area contributed by atoms with Crippen LogP contribution in [0, 0.1) is 6.92 Å². The molecule has 2 aromatic heterocycles. The first-order valence-electron chi connectivity index (χ1n) is 10.8. The Morgan fingerprint density at radius 1 is 1.09 bits per heavy atom. The van der Waals surface area contributed by atoms with Crippen LogP contribution in [0.25, 0.3) is 11.3 Å². The lowest BCUT2D eigenvalue weighted by molar-refractivity contribution is 0.286. The molecule has 0 saturated carbocycles. The highest BCUT2D eigenvalue weighted by molar-refractivity contribution is 6.31. The molecule has 5 rings (SSSR count). The van der Waals surface area contributed by atoms with Crippen LogP contribution in [0.1, 0.15) is 22.4 Å². The van der Waals surface area contributed by atoms with Gasteiger partial charge in [0.25, 0.3) is 0 Å². The molecule has 4 aromatic rings. The first-order chi connectivity index (χ1) is 16.5. The lowest BCUT2D eigenvalue weighted by Gasteiger charge is -2.22. The highest BCUT2D eigenvalue weighted by Gasteiger charge is 2.19. The molecule has 0 N–H and O–H groups in total. The molecular formula is C26H21ClFN3O3. The summed E-state index contributed by atoms with van der Waals surface area (Å²) in [6.07, 6.45) is 2.35. The zero-order chi connectivity index (χ0) is 23.7. The zero-order valence-corrected chi connectivity index (χ0v) is 19.2. The van der Waals surface area contributed by atoms with Crippen molar-refractivity contribution in [2.24, 2.45) is 0 Å². The molecule has 0 aliphatic carbocycles. The summed E-state index contributed by atoms with van der Waals surface area (Å²) in [7, 11) is 0. The molecule has 0 fully saturated rings. The third-order valence-electron chi connectivity index (χ3n) is 5.69. The average molecular weight is 478 g/mol. The fourth-order valence-corrected chi connectivity index (χ4v) is 4.14. The van der Waals surface area contributed by atoms with Crippen LogP contribution in [0.2, 0.25) is 5.02 Å². The minimum atomic E-state index is -0.671. The van der Waals surface area contributed by atoms with Crippen LogP contribution in [0.4, 0.5) is 4.39 Å². The summed E-state index contributed by atoms with van der Waals surface area (Å²) in [5, 5.41) is 0.356. The number of alkyl halides is 1. The van der Waals surface area contributed by atoms with E-state index in [1.54, 1.807) is 47.2 Å². The van der Waals surface area contributed by atoms with E-state index < -0.39 is 6.67 Å². The predicted octanol–water partition coefficient (Wildman–Crippen LogP) is 5.66. The number of ether oxygens (including phenoxy) is 2. The van der Waals surface area contributed by atoms with Crippen molar-refractivity contribution in [3.05, 3.63) is 98.7 Å². The first kappa shape index (κ1) is 22.1. The molecule has 172 valence electrons. The van der Waals surface area contributed by atoms with Gasteiger partial charge in [-0.2, -0.15) is 4.98 Å². The number of aromatic nitrogens is 3. The number of aryl methyl sites for hydroxylation is 2. The van der Waals surface area contributed by atoms with Crippen molar-refractivity contribution in [3.63, 3.8) is 0 Å². The van der Waals surface area contributed by atoms with Gasteiger partial charge in [-0.05, 0) is 49.2 Å². The molecule has 0 unspecified atom stereocenters. The molecule has 0 saturated heterocycles. The van der Waals surface area contributed by atoms with Gasteiger partial charge in [0.05, 0.1) is 17.6 Å². The summed E-state index contributed by atoms with van der Waals surface area (Å²) >= 11 is 5.94. The molecule has 34 heavy (non-hydrogen) atoms. The first-order valence-corrected chi connectivity index (χ1v) is 11.2. The molecule has 0 atom stereocenters. The molecule has 0 spiro atoms. The van der Waals surface area contributed by atoms with Crippen molar-refractivity contribution in [1.29, 1.82) is 0 Å². The van der Waals surface area contributed by atoms with E-state index >= 15 is 0 Å². The van der Waals surface area contributed by atoms with E-state index in [0.29, 0.717) is 34.3 Å². The number of pyridine rings is 1. The van der Waals surface area contributed by atoms with Crippen LogP contribution >= 0.6 is 11.6 Å². The van der Waals surface area contributed by atoms with Crippen LogP contribution in [0.3, 0.4) is 0 Å². The maximum Gasteiger partial charge on any atom is 0.351 e. The van der Waals surface area contributed by atoms with Crippen molar-refractivity contribution in [2.75, 3.05) is 0 Å². The van der Waals surface area contributed by atoms with E-state index in [9.17, 15) is 9.18 Å². The SMILES string of the molecule is Cc1ccc2c(c1)CCn1c-2cc(OCc2ccc(Oc3ccc(Cl)c(CF)c3)cn2)nc1=O. The Morgan fingerprint density at radius 2 is 1.94 bits per heavy atom. The maximum absolute atomic E-state index is 13.0. The van der Waals surface area contributed by atoms with E-state index in [1.165, 1.54) is 11.1 Å². The number of hydrogen-bond donors (Lipinski definition) is 0. The van der Waals surface area contributed by atoms with Gasteiger partial charge in [0, 0.05) is 28.8 Å². The van der Waals surface area contributed by atoms with E-state index in [-0.39, 0.29) is 18.2 Å². The van der Waals surface area contributed by atoms with Gasteiger partial charge in [-0.25, -0.2) is 9.18 Å². The highest BCUT2D eigenvalue weighted by atomic mass is 35.5. The van der Waals surface area contributed by atoms with Crippen molar-refractivity contribution in [2.45, 2.75) is 33.2 Å². The second-order valence-electron chi connectivity index (χ2n) is 8.09. The molecular weight excluding hydrogens is 457 g/mol. The van der Waals surface area contributed by atoms with Gasteiger partial charge in [-0.15, -0.1) is 0 Å². The Morgan fingerprint density at radius 3 is 2.74 bits per heavy atom. The van der Waals surface area contributed by atoms with Crippen molar-refractivity contribution < 1.29 is 13.9 Å². The molecule has 1 aliphatic heterocycles. The zero-order valence-electron chi connectivity index (χ0n) is 18.4. The summed E-state index contributed by atoms with van der Waals surface area (Å²) in [5.41, 5.74) is 4.92. The largest absolute Gasteiger partial charge is 0.471 e. The van der Waals surface area contributed by atoms with Gasteiger partial charge >= 0.3 is 5.69 Å². The molecule has 0 bridgehead atoms. The van der Waals surface area contributed by atoms with Crippen LogP contribution in [0.5, 0.6) is 17.4 Å². The van der Waals surface area contributed by atoms with Crippen molar-refractivity contribution >= 4 is 11.6 Å². The number of hydrogen-bond acceptors (Lipinski definition) is 5. The highest BCUT2D eigenvalue weighted by Crippen LogP contribution is 2.31. The molecule has 3 heterocycles. The van der Waals surface area contributed by atoms with Gasteiger partial charge < -0.3 is 9.47 Å². The second kappa shape index (κ2) is 9.27. The lowest BCUT2D eigenvalue weighted by atomic mass is 9.96. The molecule has 0 radical (unpaired) electrons. The Balaban J connectivity index is 1.29. The number of benzene rings is 2. The van der Waals surface area contributed by atoms with Crippen LogP contribution in [0.15, 0.2) is 65.6 Å². The van der Waals surface area contributed by atoms with Gasteiger partial charge in [0.2, 0.25) is 5.88 Å². The number of rotatable bonds is 6. The van der Waals surface area contributed by atoms with Gasteiger partial charge in [-0.1, -0.05) is 35.4 Å². The van der Waals surface area contributed by atoms with E-state index in [0.717, 1.165) is 17.7 Å². The van der Waals surface area contributed by atoms with Crippen LogP contribution in [-0.4, -0.2) is 14.5 Å². The Labute approximate surface area is 200 Å². The van der Waals surface area contributed by atoms with E-state index in [2.05, 4.69) is 23.0 Å². The Bertz CT molecular complexity index is 1420. The number of nitrogens with zero attached hydrogens (tertiary/aromatic N) is 3. The topological polar surface area (TPSA) is 66.2 Å². The normalized spacial score (nSPS) is 12.1. The molecule has 2 aromatic carbocycles. The van der Waals surface area contributed by atoms with Gasteiger partial charge in [0.15, 0.2) is 0 Å².